The summed E-state index contributed by atoms with van der Waals surface area (Å²) in [7, 11) is 0. The minimum atomic E-state index is 0.509. The van der Waals surface area contributed by atoms with E-state index in [0.29, 0.717) is 19.0 Å². The molecule has 0 aliphatic heterocycles. The van der Waals surface area contributed by atoms with E-state index in [9.17, 15) is 0 Å². The topological polar surface area (TPSA) is 48.1 Å². The summed E-state index contributed by atoms with van der Waals surface area (Å²) >= 11 is 3.27. The van der Waals surface area contributed by atoms with Crippen LogP contribution < -0.4 is 10.5 Å². The number of aromatic nitrogens is 1. The maximum atomic E-state index is 5.24. The average molecular weight is 217 g/mol. The first-order valence-electron chi connectivity index (χ1n) is 3.27. The van der Waals surface area contributed by atoms with Crippen molar-refractivity contribution >= 4 is 15.9 Å². The van der Waals surface area contributed by atoms with Crippen molar-refractivity contribution in [1.29, 1.82) is 0 Å². The van der Waals surface area contributed by atoms with E-state index in [4.69, 9.17) is 10.5 Å². The maximum absolute atomic E-state index is 5.24. The molecular weight excluding hydrogens is 208 g/mol. The van der Waals surface area contributed by atoms with Gasteiger partial charge in [0.2, 0.25) is 5.88 Å². The summed E-state index contributed by atoms with van der Waals surface area (Å²) < 4.78 is 6.10. The second-order valence-corrected chi connectivity index (χ2v) is 2.87. The molecule has 1 aromatic heterocycles. The molecule has 0 unspecified atom stereocenters. The molecule has 0 amide bonds. The predicted molar refractivity (Wildman–Crippen MR) is 46.5 cm³/mol. The van der Waals surface area contributed by atoms with Crippen molar-refractivity contribution < 1.29 is 4.74 Å². The summed E-state index contributed by atoms with van der Waals surface area (Å²) in [6, 6.07) is 3.67. The van der Waals surface area contributed by atoms with Crippen molar-refractivity contribution in [2.75, 3.05) is 13.2 Å². The first-order chi connectivity index (χ1) is 5.33. The van der Waals surface area contributed by atoms with E-state index in [1.54, 1.807) is 12.3 Å². The quantitative estimate of drug-likeness (QED) is 0.826. The van der Waals surface area contributed by atoms with Crippen LogP contribution in [0.15, 0.2) is 22.8 Å². The number of halogens is 1. The Morgan fingerprint density at radius 1 is 1.55 bits per heavy atom. The second-order valence-electron chi connectivity index (χ2n) is 1.95. The molecule has 11 heavy (non-hydrogen) atoms. The summed E-state index contributed by atoms with van der Waals surface area (Å²) in [6.07, 6.45) is 1.69. The lowest BCUT2D eigenvalue weighted by Gasteiger charge is -2.01. The second kappa shape index (κ2) is 4.31. The summed E-state index contributed by atoms with van der Waals surface area (Å²) in [5.74, 6) is 0.610. The van der Waals surface area contributed by atoms with Crippen LogP contribution in [0.4, 0.5) is 0 Å². The van der Waals surface area contributed by atoms with Gasteiger partial charge in [-0.25, -0.2) is 4.98 Å². The molecule has 0 radical (unpaired) electrons. The fourth-order valence-corrected chi connectivity index (χ4v) is 0.846. The normalized spacial score (nSPS) is 9.64. The monoisotopic (exact) mass is 216 g/mol. The zero-order chi connectivity index (χ0) is 8.10. The molecule has 60 valence electrons. The lowest BCUT2D eigenvalue weighted by atomic mass is 10.5. The minimum absolute atomic E-state index is 0.509. The molecule has 0 atom stereocenters. The van der Waals surface area contributed by atoms with Crippen LogP contribution in [0, 0.1) is 0 Å². The third-order valence-electron chi connectivity index (χ3n) is 1.07. The predicted octanol–water partition coefficient (Wildman–Crippen LogP) is 1.18. The van der Waals surface area contributed by atoms with E-state index in [-0.39, 0.29) is 0 Å². The largest absolute Gasteiger partial charge is 0.476 e. The highest BCUT2D eigenvalue weighted by Gasteiger charge is 1.92. The van der Waals surface area contributed by atoms with Crippen molar-refractivity contribution in [2.24, 2.45) is 5.73 Å². The lowest BCUT2D eigenvalue weighted by Crippen LogP contribution is -2.11. The van der Waals surface area contributed by atoms with Gasteiger partial charge < -0.3 is 10.5 Å². The molecule has 0 saturated heterocycles. The lowest BCUT2D eigenvalue weighted by molar-refractivity contribution is 0.315. The van der Waals surface area contributed by atoms with E-state index in [1.165, 1.54) is 0 Å². The third-order valence-corrected chi connectivity index (χ3v) is 1.54. The highest BCUT2D eigenvalue weighted by Crippen LogP contribution is 2.11. The molecule has 1 aromatic rings. The molecule has 0 spiro atoms. The van der Waals surface area contributed by atoms with Gasteiger partial charge in [-0.05, 0) is 22.0 Å². The Morgan fingerprint density at radius 2 is 2.36 bits per heavy atom. The van der Waals surface area contributed by atoms with E-state index in [1.807, 2.05) is 6.07 Å². The highest BCUT2D eigenvalue weighted by molar-refractivity contribution is 9.10. The Hall–Kier alpha value is -0.610. The van der Waals surface area contributed by atoms with Gasteiger partial charge >= 0.3 is 0 Å². The third kappa shape index (κ3) is 2.86. The Bertz CT molecular complexity index is 212. The zero-order valence-electron chi connectivity index (χ0n) is 5.96. The van der Waals surface area contributed by atoms with Crippen molar-refractivity contribution in [3.05, 3.63) is 22.8 Å². The summed E-state index contributed by atoms with van der Waals surface area (Å²) in [6.45, 7) is 1.02. The number of nitrogens with two attached hydrogens (primary N) is 1. The van der Waals surface area contributed by atoms with Crippen LogP contribution in [-0.4, -0.2) is 18.1 Å². The number of hydrogen-bond donors (Lipinski definition) is 1. The van der Waals surface area contributed by atoms with Crippen LogP contribution >= 0.6 is 15.9 Å². The molecule has 0 saturated carbocycles. The molecule has 1 heterocycles. The first kappa shape index (κ1) is 8.49. The number of nitrogens with zero attached hydrogens (tertiary/aromatic N) is 1. The van der Waals surface area contributed by atoms with Crippen molar-refractivity contribution in [1.82, 2.24) is 4.98 Å². The van der Waals surface area contributed by atoms with Crippen LogP contribution in [-0.2, 0) is 0 Å². The van der Waals surface area contributed by atoms with Crippen LogP contribution in [0.3, 0.4) is 0 Å². The van der Waals surface area contributed by atoms with Crippen molar-refractivity contribution in [3.63, 3.8) is 0 Å². The number of hydrogen-bond acceptors (Lipinski definition) is 3. The van der Waals surface area contributed by atoms with Gasteiger partial charge in [-0.3, -0.25) is 0 Å². The number of ether oxygens (including phenoxy) is 1. The molecule has 0 aliphatic rings. The highest BCUT2D eigenvalue weighted by atomic mass is 79.9. The number of rotatable bonds is 3. The van der Waals surface area contributed by atoms with Crippen LogP contribution in [0.2, 0.25) is 0 Å². The molecule has 0 aliphatic carbocycles. The van der Waals surface area contributed by atoms with Gasteiger partial charge in [-0.15, -0.1) is 0 Å². The Kier molecular flexibility index (Phi) is 3.32. The van der Waals surface area contributed by atoms with Crippen molar-refractivity contribution in [2.45, 2.75) is 0 Å². The number of pyridine rings is 1. The van der Waals surface area contributed by atoms with E-state index in [2.05, 4.69) is 20.9 Å². The summed E-state index contributed by atoms with van der Waals surface area (Å²) in [4.78, 5) is 3.99. The van der Waals surface area contributed by atoms with E-state index < -0.39 is 0 Å². The fourth-order valence-electron chi connectivity index (χ4n) is 0.611. The molecule has 1 rings (SSSR count). The van der Waals surface area contributed by atoms with Gasteiger partial charge in [0.05, 0.1) is 0 Å². The Labute approximate surface area is 73.7 Å². The molecule has 4 heteroatoms. The Balaban J connectivity index is 2.52. The van der Waals surface area contributed by atoms with Gasteiger partial charge in [0.15, 0.2) is 0 Å². The molecule has 0 aromatic carbocycles. The molecule has 0 fully saturated rings. The summed E-state index contributed by atoms with van der Waals surface area (Å²) in [5, 5.41) is 0. The molecule has 0 bridgehead atoms. The molecular formula is C7H9BrN2O. The standard InChI is InChI=1S/C7H9BrN2O/c8-6-1-2-7(10-5-6)11-4-3-9/h1-2,5H,3-4,9H2. The van der Waals surface area contributed by atoms with Gasteiger partial charge in [-0.2, -0.15) is 0 Å². The average Bonchev–Trinajstić information content (AvgIpc) is 2.04. The van der Waals surface area contributed by atoms with Gasteiger partial charge in [0.1, 0.15) is 6.61 Å². The zero-order valence-corrected chi connectivity index (χ0v) is 7.54. The SMILES string of the molecule is NCCOc1ccc(Br)cn1. The van der Waals surface area contributed by atoms with E-state index >= 15 is 0 Å². The fraction of sp³-hybridized carbons (Fsp3) is 0.286. The van der Waals surface area contributed by atoms with Gasteiger partial charge in [-0.1, -0.05) is 0 Å². The summed E-state index contributed by atoms with van der Waals surface area (Å²) in [5.41, 5.74) is 5.24. The van der Waals surface area contributed by atoms with Crippen LogP contribution in [0.5, 0.6) is 5.88 Å². The van der Waals surface area contributed by atoms with E-state index in [0.717, 1.165) is 4.47 Å². The van der Waals surface area contributed by atoms with Crippen LogP contribution in [0.1, 0.15) is 0 Å². The first-order valence-corrected chi connectivity index (χ1v) is 4.06. The molecule has 3 nitrogen and oxygen atoms in total. The van der Waals surface area contributed by atoms with Crippen molar-refractivity contribution in [3.8, 4) is 5.88 Å². The van der Waals surface area contributed by atoms with Gasteiger partial charge in [0.25, 0.3) is 0 Å². The minimum Gasteiger partial charge on any atom is -0.476 e. The smallest absolute Gasteiger partial charge is 0.213 e. The van der Waals surface area contributed by atoms with Crippen LogP contribution in [0.25, 0.3) is 0 Å². The Morgan fingerprint density at radius 3 is 2.91 bits per heavy atom. The maximum Gasteiger partial charge on any atom is 0.213 e. The molecule has 2 N–H and O–H groups in total. The van der Waals surface area contributed by atoms with Gasteiger partial charge in [0, 0.05) is 23.3 Å².